The summed E-state index contributed by atoms with van der Waals surface area (Å²) >= 11 is 0. The van der Waals surface area contributed by atoms with Gasteiger partial charge in [0, 0.05) is 19.2 Å². The van der Waals surface area contributed by atoms with Crippen LogP contribution in [-0.4, -0.2) is 23.9 Å². The van der Waals surface area contributed by atoms with Gasteiger partial charge in [-0.1, -0.05) is 31.1 Å². The molecular weight excluding hydrogens is 222 g/mol. The van der Waals surface area contributed by atoms with Gasteiger partial charge in [-0.15, -0.1) is 0 Å². The van der Waals surface area contributed by atoms with Crippen LogP contribution in [0.4, 0.5) is 0 Å². The second-order valence-corrected chi connectivity index (χ2v) is 5.14. The van der Waals surface area contributed by atoms with E-state index in [1.165, 1.54) is 11.1 Å². The van der Waals surface area contributed by atoms with E-state index >= 15 is 0 Å². The van der Waals surface area contributed by atoms with Crippen LogP contribution >= 0.6 is 0 Å². The molecule has 0 bridgehead atoms. The molecule has 0 aliphatic heterocycles. The highest BCUT2D eigenvalue weighted by Crippen LogP contribution is 2.08. The van der Waals surface area contributed by atoms with E-state index in [0.29, 0.717) is 0 Å². The maximum absolute atomic E-state index is 12.1. The predicted molar refractivity (Wildman–Crippen MR) is 79.6 cm³/mol. The van der Waals surface area contributed by atoms with Gasteiger partial charge >= 0.3 is 0 Å². The van der Waals surface area contributed by atoms with Gasteiger partial charge in [-0.2, -0.15) is 0 Å². The van der Waals surface area contributed by atoms with E-state index in [-0.39, 0.29) is 5.91 Å². The zero-order valence-corrected chi connectivity index (χ0v) is 12.8. The molecule has 18 heavy (non-hydrogen) atoms. The van der Waals surface area contributed by atoms with Gasteiger partial charge in [0.1, 0.15) is 0 Å². The molecule has 0 fully saturated rings. The van der Waals surface area contributed by atoms with Crippen molar-refractivity contribution in [2.45, 2.75) is 60.3 Å². The molecular formula is C16H29NO. The number of nitrogens with zero attached hydrogens (tertiary/aromatic N) is 1. The van der Waals surface area contributed by atoms with Gasteiger partial charge < -0.3 is 4.90 Å². The van der Waals surface area contributed by atoms with Crippen LogP contribution < -0.4 is 0 Å². The fourth-order valence-electron chi connectivity index (χ4n) is 1.83. The number of hydrogen-bond acceptors (Lipinski definition) is 1. The van der Waals surface area contributed by atoms with Crippen LogP contribution in [0.25, 0.3) is 0 Å². The second kappa shape index (κ2) is 9.93. The van der Waals surface area contributed by atoms with Crippen molar-refractivity contribution >= 4 is 5.91 Å². The Balaban J connectivity index is 4.34. The van der Waals surface area contributed by atoms with Crippen molar-refractivity contribution < 1.29 is 4.79 Å². The third-order valence-corrected chi connectivity index (χ3v) is 2.76. The molecule has 0 spiro atoms. The first-order chi connectivity index (χ1) is 8.51. The summed E-state index contributed by atoms with van der Waals surface area (Å²) in [5.74, 6) is 0.174. The molecule has 0 saturated carbocycles. The lowest BCUT2D eigenvalue weighted by atomic mass is 10.1. The van der Waals surface area contributed by atoms with Crippen molar-refractivity contribution in [1.29, 1.82) is 0 Å². The van der Waals surface area contributed by atoms with Gasteiger partial charge in [0.25, 0.3) is 0 Å². The lowest BCUT2D eigenvalue weighted by Crippen LogP contribution is -2.31. The standard InChI is InChI=1S/C16H29NO/c1-6-11-17(12-7-2)16(18)13-15(5)10-8-9-14(3)4/h9,13H,6-8,10-12H2,1-5H3/b15-13-. The maximum atomic E-state index is 12.1. The van der Waals surface area contributed by atoms with E-state index in [4.69, 9.17) is 0 Å². The molecule has 0 aromatic rings. The summed E-state index contributed by atoms with van der Waals surface area (Å²) < 4.78 is 0. The molecule has 0 aromatic heterocycles. The molecule has 0 heterocycles. The molecule has 0 unspecified atom stereocenters. The summed E-state index contributed by atoms with van der Waals surface area (Å²) in [4.78, 5) is 14.0. The lowest BCUT2D eigenvalue weighted by Gasteiger charge is -2.20. The van der Waals surface area contributed by atoms with E-state index in [1.807, 2.05) is 17.9 Å². The van der Waals surface area contributed by atoms with Crippen LogP contribution in [0.2, 0.25) is 0 Å². The Hall–Kier alpha value is -1.05. The van der Waals surface area contributed by atoms with Crippen molar-refractivity contribution in [1.82, 2.24) is 4.90 Å². The van der Waals surface area contributed by atoms with Crippen LogP contribution in [0.5, 0.6) is 0 Å². The topological polar surface area (TPSA) is 20.3 Å². The van der Waals surface area contributed by atoms with Gasteiger partial charge in [-0.05, 0) is 46.5 Å². The van der Waals surface area contributed by atoms with Crippen molar-refractivity contribution in [3.8, 4) is 0 Å². The summed E-state index contributed by atoms with van der Waals surface area (Å²) in [6.07, 6.45) is 8.08. The molecule has 2 nitrogen and oxygen atoms in total. The second-order valence-electron chi connectivity index (χ2n) is 5.14. The van der Waals surface area contributed by atoms with E-state index in [0.717, 1.165) is 38.8 Å². The van der Waals surface area contributed by atoms with E-state index < -0.39 is 0 Å². The molecule has 0 radical (unpaired) electrons. The van der Waals surface area contributed by atoms with Crippen LogP contribution in [0, 0.1) is 0 Å². The summed E-state index contributed by atoms with van der Waals surface area (Å²) in [5.41, 5.74) is 2.52. The fourth-order valence-corrected chi connectivity index (χ4v) is 1.83. The minimum Gasteiger partial charge on any atom is -0.339 e. The quantitative estimate of drug-likeness (QED) is 0.464. The van der Waals surface area contributed by atoms with E-state index in [1.54, 1.807) is 0 Å². The maximum Gasteiger partial charge on any atom is 0.246 e. The molecule has 0 aliphatic rings. The SMILES string of the molecule is CCCN(CCC)C(=O)/C=C(/C)CCC=C(C)C. The number of amides is 1. The van der Waals surface area contributed by atoms with E-state index in [9.17, 15) is 4.79 Å². The van der Waals surface area contributed by atoms with Crippen LogP contribution in [0.15, 0.2) is 23.3 Å². The Kier molecular flexibility index (Phi) is 9.35. The highest BCUT2D eigenvalue weighted by molar-refractivity contribution is 5.88. The zero-order chi connectivity index (χ0) is 14.0. The molecule has 0 saturated heterocycles. The zero-order valence-electron chi connectivity index (χ0n) is 12.8. The fraction of sp³-hybridized carbons (Fsp3) is 0.688. The monoisotopic (exact) mass is 251 g/mol. The third-order valence-electron chi connectivity index (χ3n) is 2.76. The summed E-state index contributed by atoms with van der Waals surface area (Å²) in [5, 5.41) is 0. The summed E-state index contributed by atoms with van der Waals surface area (Å²) in [7, 11) is 0. The number of rotatable bonds is 8. The van der Waals surface area contributed by atoms with Crippen LogP contribution in [0.3, 0.4) is 0 Å². The van der Waals surface area contributed by atoms with Gasteiger partial charge in [-0.25, -0.2) is 0 Å². The van der Waals surface area contributed by atoms with Crippen LogP contribution in [0.1, 0.15) is 60.3 Å². The van der Waals surface area contributed by atoms with Crippen molar-refractivity contribution in [3.63, 3.8) is 0 Å². The molecule has 0 N–H and O–H groups in total. The number of allylic oxidation sites excluding steroid dienone is 3. The number of carbonyl (C=O) groups is 1. The normalized spacial score (nSPS) is 11.3. The molecule has 1 amide bonds. The first-order valence-electron chi connectivity index (χ1n) is 7.10. The van der Waals surface area contributed by atoms with Crippen LogP contribution in [-0.2, 0) is 4.79 Å². The Morgan fingerprint density at radius 1 is 1.06 bits per heavy atom. The molecule has 0 aromatic carbocycles. The van der Waals surface area contributed by atoms with Crippen molar-refractivity contribution in [2.75, 3.05) is 13.1 Å². The minimum atomic E-state index is 0.174. The smallest absolute Gasteiger partial charge is 0.246 e. The van der Waals surface area contributed by atoms with Crippen molar-refractivity contribution in [2.24, 2.45) is 0 Å². The van der Waals surface area contributed by atoms with Gasteiger partial charge in [0.05, 0.1) is 0 Å². The highest BCUT2D eigenvalue weighted by Gasteiger charge is 2.08. The molecule has 104 valence electrons. The highest BCUT2D eigenvalue weighted by atomic mass is 16.2. The molecule has 0 rings (SSSR count). The molecule has 0 atom stereocenters. The van der Waals surface area contributed by atoms with Crippen molar-refractivity contribution in [3.05, 3.63) is 23.3 Å². The summed E-state index contributed by atoms with van der Waals surface area (Å²) in [6, 6.07) is 0. The number of hydrogen-bond donors (Lipinski definition) is 0. The van der Waals surface area contributed by atoms with Gasteiger partial charge in [0.2, 0.25) is 5.91 Å². The Morgan fingerprint density at radius 2 is 1.61 bits per heavy atom. The molecule has 2 heteroatoms. The molecule has 0 aliphatic carbocycles. The largest absolute Gasteiger partial charge is 0.339 e. The van der Waals surface area contributed by atoms with Gasteiger partial charge in [0.15, 0.2) is 0 Å². The Bertz CT molecular complexity index is 292. The lowest BCUT2D eigenvalue weighted by molar-refractivity contribution is -0.126. The Labute approximate surface area is 113 Å². The Morgan fingerprint density at radius 3 is 2.06 bits per heavy atom. The van der Waals surface area contributed by atoms with Gasteiger partial charge in [-0.3, -0.25) is 4.79 Å². The number of carbonyl (C=O) groups excluding carboxylic acids is 1. The summed E-state index contributed by atoms with van der Waals surface area (Å²) in [6.45, 7) is 12.2. The average molecular weight is 251 g/mol. The van der Waals surface area contributed by atoms with E-state index in [2.05, 4.69) is 33.8 Å². The minimum absolute atomic E-state index is 0.174. The first kappa shape index (κ1) is 16.9. The first-order valence-corrected chi connectivity index (χ1v) is 7.10. The predicted octanol–water partition coefficient (Wildman–Crippen LogP) is 4.33. The average Bonchev–Trinajstić information content (AvgIpc) is 2.28. The third kappa shape index (κ3) is 8.10.